The lowest BCUT2D eigenvalue weighted by atomic mass is 10.2. The Morgan fingerprint density at radius 1 is 1.21 bits per heavy atom. The van der Waals surface area contributed by atoms with Crippen LogP contribution in [0.3, 0.4) is 0 Å². The number of fused-ring (bicyclic) bond motifs is 1. The summed E-state index contributed by atoms with van der Waals surface area (Å²) in [6.45, 7) is -0.695. The molecule has 5 nitrogen and oxygen atoms in total. The summed E-state index contributed by atoms with van der Waals surface area (Å²) < 4.78 is 30.7. The van der Waals surface area contributed by atoms with Crippen molar-refractivity contribution in [2.24, 2.45) is 0 Å². The van der Waals surface area contributed by atoms with Crippen LogP contribution in [0.2, 0.25) is 5.02 Å². The summed E-state index contributed by atoms with van der Waals surface area (Å²) in [7, 11) is 0. The molecule has 3 N–H and O–H groups in total. The highest BCUT2D eigenvalue weighted by Crippen LogP contribution is 2.31. The Morgan fingerprint density at radius 2 is 2.04 bits per heavy atom. The Labute approximate surface area is 141 Å². The van der Waals surface area contributed by atoms with E-state index in [9.17, 15) is 8.78 Å². The number of ether oxygens (including phenoxy) is 1. The number of nitrogens with zero attached hydrogens (tertiary/aromatic N) is 2. The van der Waals surface area contributed by atoms with Gasteiger partial charge in [0.1, 0.15) is 37.0 Å². The normalized spacial score (nSPS) is 10.8. The molecule has 0 amide bonds. The third kappa shape index (κ3) is 3.30. The zero-order valence-corrected chi connectivity index (χ0v) is 13.1. The average Bonchev–Trinajstić information content (AvgIpc) is 2.57. The summed E-state index contributed by atoms with van der Waals surface area (Å²) in [6.07, 6.45) is 1.37. The lowest BCUT2D eigenvalue weighted by molar-refractivity contribution is 0.275. The van der Waals surface area contributed by atoms with Gasteiger partial charge in [-0.25, -0.2) is 18.7 Å². The number of halogens is 3. The topological polar surface area (TPSA) is 73.1 Å². The van der Waals surface area contributed by atoms with Crippen LogP contribution in [0.25, 0.3) is 10.9 Å². The van der Waals surface area contributed by atoms with Crippen molar-refractivity contribution in [2.45, 2.75) is 0 Å². The van der Waals surface area contributed by atoms with Crippen LogP contribution >= 0.6 is 11.6 Å². The summed E-state index contributed by atoms with van der Waals surface area (Å²) >= 11 is 5.78. The van der Waals surface area contributed by atoms with Crippen LogP contribution in [0.5, 0.6) is 5.75 Å². The second-order valence-corrected chi connectivity index (χ2v) is 5.33. The van der Waals surface area contributed by atoms with E-state index >= 15 is 0 Å². The highest BCUT2D eigenvalue weighted by Gasteiger charge is 2.10. The van der Waals surface area contributed by atoms with E-state index in [2.05, 4.69) is 15.3 Å². The van der Waals surface area contributed by atoms with E-state index in [1.165, 1.54) is 24.5 Å². The van der Waals surface area contributed by atoms with E-state index in [1.807, 2.05) is 0 Å². The molecule has 0 bridgehead atoms. The second kappa shape index (κ2) is 6.84. The van der Waals surface area contributed by atoms with Crippen molar-refractivity contribution in [3.05, 3.63) is 47.5 Å². The smallest absolute Gasteiger partial charge is 0.144 e. The molecule has 2 aromatic carbocycles. The lowest BCUT2D eigenvalue weighted by Crippen LogP contribution is -2.03. The first-order valence-corrected chi connectivity index (χ1v) is 7.41. The van der Waals surface area contributed by atoms with Crippen molar-refractivity contribution >= 4 is 39.7 Å². The first-order valence-electron chi connectivity index (χ1n) is 7.03. The van der Waals surface area contributed by atoms with Gasteiger partial charge >= 0.3 is 0 Å². The molecule has 1 aromatic heterocycles. The molecule has 124 valence electrons. The molecule has 0 atom stereocenters. The standard InChI is InChI=1S/C16H13ClF2N4O/c17-11-5-9(1-2-12(11)19)23-16-10-6-13(20)15(24-4-3-18)7-14(10)21-8-22-16/h1-2,5-8H,3-4,20H2,(H,21,22,23). The zero-order valence-electron chi connectivity index (χ0n) is 12.4. The van der Waals surface area contributed by atoms with Crippen LogP contribution in [0.4, 0.5) is 26.0 Å². The van der Waals surface area contributed by atoms with Crippen molar-refractivity contribution in [1.29, 1.82) is 0 Å². The number of benzene rings is 2. The minimum absolute atomic E-state index is 0.000200. The van der Waals surface area contributed by atoms with Gasteiger partial charge in [0.2, 0.25) is 0 Å². The summed E-state index contributed by atoms with van der Waals surface area (Å²) in [6, 6.07) is 7.50. The third-order valence-electron chi connectivity index (χ3n) is 3.28. The van der Waals surface area contributed by atoms with Crippen LogP contribution in [-0.4, -0.2) is 23.2 Å². The quantitative estimate of drug-likeness (QED) is 0.678. The maximum absolute atomic E-state index is 13.2. The molecule has 0 aliphatic rings. The monoisotopic (exact) mass is 350 g/mol. The van der Waals surface area contributed by atoms with Gasteiger partial charge in [-0.1, -0.05) is 11.6 Å². The Hall–Kier alpha value is -2.67. The molecule has 1 heterocycles. The lowest BCUT2D eigenvalue weighted by Gasteiger charge is -2.12. The van der Waals surface area contributed by atoms with E-state index in [1.54, 1.807) is 12.1 Å². The first-order chi connectivity index (χ1) is 11.6. The number of hydrogen-bond acceptors (Lipinski definition) is 5. The van der Waals surface area contributed by atoms with Crippen LogP contribution in [-0.2, 0) is 0 Å². The molecule has 0 unspecified atom stereocenters. The number of nitrogens with two attached hydrogens (primary N) is 1. The van der Waals surface area contributed by atoms with Crippen molar-refractivity contribution in [3.63, 3.8) is 0 Å². The van der Waals surface area contributed by atoms with Crippen molar-refractivity contribution in [2.75, 3.05) is 24.3 Å². The van der Waals surface area contributed by atoms with Crippen LogP contribution in [0.15, 0.2) is 36.7 Å². The SMILES string of the molecule is Nc1cc2c(Nc3ccc(F)c(Cl)c3)ncnc2cc1OCCF. The van der Waals surface area contributed by atoms with Gasteiger partial charge in [0.05, 0.1) is 16.2 Å². The fraction of sp³-hybridized carbons (Fsp3) is 0.125. The Bertz CT molecular complexity index is 891. The number of hydrogen-bond donors (Lipinski definition) is 2. The molecule has 0 radical (unpaired) electrons. The second-order valence-electron chi connectivity index (χ2n) is 4.92. The van der Waals surface area contributed by atoms with Gasteiger partial charge < -0.3 is 15.8 Å². The molecule has 24 heavy (non-hydrogen) atoms. The molecule has 0 aliphatic heterocycles. The number of anilines is 3. The molecular formula is C16H13ClF2N4O. The predicted molar refractivity (Wildman–Crippen MR) is 90.1 cm³/mol. The maximum atomic E-state index is 13.2. The molecule has 0 saturated carbocycles. The highest BCUT2D eigenvalue weighted by atomic mass is 35.5. The number of alkyl halides is 1. The molecule has 0 fully saturated rings. The largest absolute Gasteiger partial charge is 0.489 e. The predicted octanol–water partition coefficient (Wildman–Crippen LogP) is 4.10. The van der Waals surface area contributed by atoms with Crippen LogP contribution < -0.4 is 15.8 Å². The van der Waals surface area contributed by atoms with Crippen LogP contribution in [0, 0.1) is 5.82 Å². The number of nitrogen functional groups attached to an aromatic ring is 1. The fourth-order valence-corrected chi connectivity index (χ4v) is 2.36. The van der Waals surface area contributed by atoms with Crippen molar-refractivity contribution in [3.8, 4) is 5.75 Å². The number of nitrogens with one attached hydrogen (secondary N) is 1. The van der Waals surface area contributed by atoms with E-state index in [-0.39, 0.29) is 11.6 Å². The van der Waals surface area contributed by atoms with E-state index < -0.39 is 12.5 Å². The van der Waals surface area contributed by atoms with Gasteiger partial charge in [0, 0.05) is 17.1 Å². The third-order valence-corrected chi connectivity index (χ3v) is 3.57. The summed E-state index contributed by atoms with van der Waals surface area (Å²) in [5, 5.41) is 3.69. The maximum Gasteiger partial charge on any atom is 0.144 e. The Kier molecular flexibility index (Phi) is 4.61. The summed E-state index contributed by atoms with van der Waals surface area (Å²) in [5.74, 6) is 0.328. The molecule has 3 aromatic rings. The molecule has 0 saturated heterocycles. The van der Waals surface area contributed by atoms with Crippen molar-refractivity contribution in [1.82, 2.24) is 9.97 Å². The molecule has 3 rings (SSSR count). The summed E-state index contributed by atoms with van der Waals surface area (Å²) in [5.41, 5.74) is 7.41. The highest BCUT2D eigenvalue weighted by molar-refractivity contribution is 6.31. The van der Waals surface area contributed by atoms with Gasteiger partial charge in [0.15, 0.2) is 0 Å². The first kappa shape index (κ1) is 16.2. The molecule has 8 heteroatoms. The number of rotatable bonds is 5. The Balaban J connectivity index is 1.99. The molecule has 0 aliphatic carbocycles. The minimum Gasteiger partial charge on any atom is -0.489 e. The van der Waals surface area contributed by atoms with Gasteiger partial charge in [-0.15, -0.1) is 0 Å². The van der Waals surface area contributed by atoms with Gasteiger partial charge in [0.25, 0.3) is 0 Å². The van der Waals surface area contributed by atoms with Gasteiger partial charge in [-0.05, 0) is 24.3 Å². The van der Waals surface area contributed by atoms with E-state index in [4.69, 9.17) is 22.1 Å². The minimum atomic E-state index is -0.612. The zero-order chi connectivity index (χ0) is 17.1. The van der Waals surface area contributed by atoms with Gasteiger partial charge in [-0.2, -0.15) is 0 Å². The Morgan fingerprint density at radius 3 is 2.79 bits per heavy atom. The fourth-order valence-electron chi connectivity index (χ4n) is 2.18. The van der Waals surface area contributed by atoms with Crippen molar-refractivity contribution < 1.29 is 13.5 Å². The van der Waals surface area contributed by atoms with Crippen LogP contribution in [0.1, 0.15) is 0 Å². The average molecular weight is 351 g/mol. The van der Waals surface area contributed by atoms with E-state index in [0.717, 1.165) is 0 Å². The molecule has 0 spiro atoms. The summed E-state index contributed by atoms with van der Waals surface area (Å²) in [4.78, 5) is 8.33. The van der Waals surface area contributed by atoms with Gasteiger partial charge in [-0.3, -0.25) is 0 Å². The molecular weight excluding hydrogens is 338 g/mol. The van der Waals surface area contributed by atoms with E-state index in [0.29, 0.717) is 33.8 Å². The number of aromatic nitrogens is 2.